The molecule has 2 aliphatic heterocycles. The molecule has 2 aliphatic carbocycles. The molecule has 3 fully saturated rings. The van der Waals surface area contributed by atoms with Crippen LogP contribution in [0.5, 0.6) is 0 Å². The Morgan fingerprint density at radius 2 is 2.03 bits per heavy atom. The van der Waals surface area contributed by atoms with Gasteiger partial charge < -0.3 is 10.6 Å². The summed E-state index contributed by atoms with van der Waals surface area (Å²) in [6.45, 7) is 2.97. The summed E-state index contributed by atoms with van der Waals surface area (Å²) in [4.78, 5) is 20.9. The van der Waals surface area contributed by atoms with Crippen molar-refractivity contribution in [2.45, 2.75) is 94.4 Å². The Bertz CT molecular complexity index is 1110. The van der Waals surface area contributed by atoms with Crippen LogP contribution in [0.1, 0.15) is 93.1 Å². The largest absolute Gasteiger partial charge is 0.330 e. The zero-order valence-electron chi connectivity index (χ0n) is 19.6. The number of thioether (sulfide) groups is 1. The van der Waals surface area contributed by atoms with E-state index in [1.165, 1.54) is 36.1 Å². The van der Waals surface area contributed by atoms with Gasteiger partial charge in [0.15, 0.2) is 5.65 Å². The minimum atomic E-state index is 0.0531. The van der Waals surface area contributed by atoms with Gasteiger partial charge in [-0.3, -0.25) is 4.79 Å². The van der Waals surface area contributed by atoms with E-state index in [0.29, 0.717) is 17.2 Å². The lowest BCUT2D eigenvalue weighted by Gasteiger charge is -2.35. The van der Waals surface area contributed by atoms with Crippen molar-refractivity contribution in [2.24, 2.45) is 5.73 Å². The van der Waals surface area contributed by atoms with E-state index < -0.39 is 0 Å². The van der Waals surface area contributed by atoms with E-state index in [1.54, 1.807) is 0 Å². The molecule has 0 spiro atoms. The predicted octanol–water partition coefficient (Wildman–Crippen LogP) is 4.67. The van der Waals surface area contributed by atoms with Crippen molar-refractivity contribution in [1.82, 2.24) is 19.5 Å². The number of aromatic nitrogens is 3. The molecule has 176 valence electrons. The van der Waals surface area contributed by atoms with Crippen LogP contribution in [0.15, 0.2) is 23.4 Å². The molecule has 4 atom stereocenters. The smallest absolute Gasteiger partial charge is 0.251 e. The van der Waals surface area contributed by atoms with Crippen LogP contribution in [0, 0.1) is 6.92 Å². The second kappa shape index (κ2) is 8.73. The molecule has 0 aromatic carbocycles. The Labute approximate surface area is 200 Å². The fraction of sp³-hybridized carbons (Fsp3) is 0.654. The number of carbonyl (C=O) groups is 1. The summed E-state index contributed by atoms with van der Waals surface area (Å²) < 4.78 is 1.92. The molecule has 2 N–H and O–H groups in total. The number of hydrogen-bond acceptors (Lipinski definition) is 5. The zero-order chi connectivity index (χ0) is 22.5. The van der Waals surface area contributed by atoms with Crippen LogP contribution in [0.25, 0.3) is 5.65 Å². The third-order valence-electron chi connectivity index (χ3n) is 8.28. The highest BCUT2D eigenvalue weighted by atomic mass is 32.2. The van der Waals surface area contributed by atoms with E-state index in [1.807, 2.05) is 16.3 Å². The number of nitrogens with zero attached hydrogens (tertiary/aromatic N) is 4. The van der Waals surface area contributed by atoms with Gasteiger partial charge in [0, 0.05) is 47.3 Å². The van der Waals surface area contributed by atoms with Gasteiger partial charge in [-0.25, -0.2) is 9.50 Å². The molecule has 7 heteroatoms. The maximum absolute atomic E-state index is 13.8. The van der Waals surface area contributed by atoms with Crippen molar-refractivity contribution in [3.05, 3.63) is 40.4 Å². The Balaban J connectivity index is 1.31. The summed E-state index contributed by atoms with van der Waals surface area (Å²) in [5.41, 5.74) is 13.0. The quantitative estimate of drug-likeness (QED) is 0.713. The molecule has 2 aromatic rings. The molecule has 1 saturated heterocycles. The second-order valence-electron chi connectivity index (χ2n) is 10.5. The molecule has 1 amide bonds. The molecule has 4 heterocycles. The summed E-state index contributed by atoms with van der Waals surface area (Å²) in [7, 11) is 0. The van der Waals surface area contributed by atoms with E-state index in [2.05, 4.69) is 24.1 Å². The second-order valence-corrected chi connectivity index (χ2v) is 11.7. The number of nitrogens with two attached hydrogens (primary N) is 1. The van der Waals surface area contributed by atoms with Crippen LogP contribution >= 0.6 is 11.8 Å². The number of fused-ring (bicyclic) bond motifs is 2. The summed E-state index contributed by atoms with van der Waals surface area (Å²) >= 11 is 1.98. The zero-order valence-corrected chi connectivity index (χ0v) is 20.4. The van der Waals surface area contributed by atoms with Gasteiger partial charge in [-0.05, 0) is 75.8 Å². The molecule has 0 bridgehead atoms. The Morgan fingerprint density at radius 3 is 2.88 bits per heavy atom. The molecule has 2 unspecified atom stereocenters. The van der Waals surface area contributed by atoms with Gasteiger partial charge in [0.1, 0.15) is 0 Å². The van der Waals surface area contributed by atoms with Gasteiger partial charge in [0.2, 0.25) is 0 Å². The lowest BCUT2D eigenvalue weighted by atomic mass is 9.90. The SMILES string of the molecule is Cc1cn2nc([C@@H]3CCCCN3C(=O)C3=C4CCCCC4SC3)cc2nc1C1CC[C@H](N)C1. The first kappa shape index (κ1) is 21.7. The summed E-state index contributed by atoms with van der Waals surface area (Å²) in [6.07, 6.45) is 13.4. The first-order valence-electron chi connectivity index (χ1n) is 12.9. The van der Waals surface area contributed by atoms with Crippen LogP contribution < -0.4 is 5.73 Å². The maximum Gasteiger partial charge on any atom is 0.251 e. The Morgan fingerprint density at radius 1 is 1.15 bits per heavy atom. The Hall–Kier alpha value is -1.86. The number of piperidine rings is 1. The minimum absolute atomic E-state index is 0.0531. The number of hydrogen-bond donors (Lipinski definition) is 1. The third-order valence-corrected chi connectivity index (χ3v) is 9.66. The van der Waals surface area contributed by atoms with Crippen molar-refractivity contribution in [2.75, 3.05) is 12.3 Å². The fourth-order valence-corrected chi connectivity index (χ4v) is 8.00. The van der Waals surface area contributed by atoms with E-state index in [4.69, 9.17) is 15.8 Å². The predicted molar refractivity (Wildman–Crippen MR) is 132 cm³/mol. The third kappa shape index (κ3) is 3.91. The minimum Gasteiger partial charge on any atom is -0.330 e. The first-order chi connectivity index (χ1) is 16.1. The molecule has 4 aliphatic rings. The fourth-order valence-electron chi connectivity index (χ4n) is 6.52. The highest BCUT2D eigenvalue weighted by Gasteiger charge is 2.37. The number of aryl methyl sites for hydroxylation is 1. The van der Waals surface area contributed by atoms with Gasteiger partial charge in [-0.15, -0.1) is 11.8 Å². The average Bonchev–Trinajstić information content (AvgIpc) is 3.55. The van der Waals surface area contributed by atoms with Crippen LogP contribution in [-0.4, -0.2) is 49.0 Å². The molecular formula is C26H35N5OS. The van der Waals surface area contributed by atoms with Crippen molar-refractivity contribution in [3.8, 4) is 0 Å². The standard InChI is InChI=1S/C26H35N5OS/c1-16-14-31-24(28-25(16)17-9-10-18(27)12-17)13-21(29-31)22-7-4-5-11-30(22)26(32)20-15-33-23-8-3-2-6-19(20)23/h13-14,17-18,22-23H,2-12,15,27H2,1H3/t17?,18-,22-,23?/m0/s1. The van der Waals surface area contributed by atoms with Gasteiger partial charge >= 0.3 is 0 Å². The van der Waals surface area contributed by atoms with Crippen LogP contribution in [0.4, 0.5) is 0 Å². The van der Waals surface area contributed by atoms with Crippen molar-refractivity contribution >= 4 is 23.3 Å². The monoisotopic (exact) mass is 465 g/mol. The highest BCUT2D eigenvalue weighted by molar-refractivity contribution is 8.00. The van der Waals surface area contributed by atoms with Crippen molar-refractivity contribution < 1.29 is 4.79 Å². The maximum atomic E-state index is 13.8. The van der Waals surface area contributed by atoms with Gasteiger partial charge in [0.25, 0.3) is 5.91 Å². The van der Waals surface area contributed by atoms with Crippen LogP contribution in [0.2, 0.25) is 0 Å². The number of likely N-dealkylation sites (tertiary alicyclic amines) is 1. The lowest BCUT2D eigenvalue weighted by molar-refractivity contribution is -0.130. The number of amides is 1. The first-order valence-corrected chi connectivity index (χ1v) is 13.9. The molecule has 33 heavy (non-hydrogen) atoms. The highest BCUT2D eigenvalue weighted by Crippen LogP contribution is 2.43. The van der Waals surface area contributed by atoms with Crippen LogP contribution in [-0.2, 0) is 4.79 Å². The molecular weight excluding hydrogens is 430 g/mol. The molecule has 0 radical (unpaired) electrons. The summed E-state index contributed by atoms with van der Waals surface area (Å²) in [6, 6.07) is 2.47. The molecule has 6 nitrogen and oxygen atoms in total. The summed E-state index contributed by atoms with van der Waals surface area (Å²) in [5.74, 6) is 1.61. The van der Waals surface area contributed by atoms with Crippen molar-refractivity contribution in [1.29, 1.82) is 0 Å². The van der Waals surface area contributed by atoms with Crippen molar-refractivity contribution in [3.63, 3.8) is 0 Å². The Kier molecular flexibility index (Phi) is 5.73. The van der Waals surface area contributed by atoms with E-state index in [9.17, 15) is 4.79 Å². The van der Waals surface area contributed by atoms with E-state index in [0.717, 1.165) is 74.2 Å². The van der Waals surface area contributed by atoms with Gasteiger partial charge in [-0.2, -0.15) is 5.10 Å². The van der Waals surface area contributed by atoms with E-state index >= 15 is 0 Å². The number of rotatable bonds is 3. The summed E-state index contributed by atoms with van der Waals surface area (Å²) in [5, 5.41) is 5.52. The van der Waals surface area contributed by atoms with Crippen LogP contribution in [0.3, 0.4) is 0 Å². The topological polar surface area (TPSA) is 76.5 Å². The van der Waals surface area contributed by atoms with Gasteiger partial charge in [-0.1, -0.05) is 6.42 Å². The molecule has 2 saturated carbocycles. The number of carbonyl (C=O) groups excluding carboxylic acids is 1. The van der Waals surface area contributed by atoms with E-state index in [-0.39, 0.29) is 11.9 Å². The van der Waals surface area contributed by atoms with Gasteiger partial charge in [0.05, 0.1) is 17.4 Å². The lowest BCUT2D eigenvalue weighted by Crippen LogP contribution is -2.40. The molecule has 6 rings (SSSR count). The normalized spacial score (nSPS) is 30.3. The average molecular weight is 466 g/mol. The molecule has 2 aromatic heterocycles.